The first-order valence-electron chi connectivity index (χ1n) is 7.52. The summed E-state index contributed by atoms with van der Waals surface area (Å²) in [7, 11) is 0. The van der Waals surface area contributed by atoms with Gasteiger partial charge in [0.25, 0.3) is 0 Å². The average molecular weight is 296 g/mol. The molecular weight excluding hydrogens is 278 g/mol. The molecule has 2 aromatic rings. The molecule has 1 N–H and O–H groups in total. The smallest absolute Gasteiger partial charge is 0.0554 e. The Morgan fingerprint density at radius 1 is 1.14 bits per heavy atom. The minimum Gasteiger partial charge on any atom is -0.377 e. The number of aryl methyl sites for hydroxylation is 1. The van der Waals surface area contributed by atoms with Crippen LogP contribution in [0.25, 0.3) is 0 Å². The average Bonchev–Trinajstić information content (AvgIpc) is 2.96. The summed E-state index contributed by atoms with van der Waals surface area (Å²) in [5.41, 5.74) is 5.34. The van der Waals surface area contributed by atoms with Crippen LogP contribution in [-0.2, 0) is 0 Å². The van der Waals surface area contributed by atoms with Gasteiger partial charge in [0.1, 0.15) is 0 Å². The van der Waals surface area contributed by atoms with E-state index in [1.165, 1.54) is 22.4 Å². The summed E-state index contributed by atoms with van der Waals surface area (Å²) in [6.07, 6.45) is 5.83. The van der Waals surface area contributed by atoms with Crippen molar-refractivity contribution in [3.05, 3.63) is 76.3 Å². The Bertz CT molecular complexity index is 719. The van der Waals surface area contributed by atoms with E-state index in [4.69, 9.17) is 11.6 Å². The standard InChI is InChI=1S/C19H18ClN/c1-12-5-2-9-16-15-8-4-10-17(15)19(21-18(12)16)13-6-3-7-14(20)11-13/h2-9,11,15,17,19,21H,10H2,1H3/t15-,17-,19+/m0/s1. The van der Waals surface area contributed by atoms with Crippen molar-refractivity contribution >= 4 is 17.3 Å². The summed E-state index contributed by atoms with van der Waals surface area (Å²) in [4.78, 5) is 0. The van der Waals surface area contributed by atoms with Crippen molar-refractivity contribution in [2.45, 2.75) is 25.3 Å². The number of rotatable bonds is 1. The first kappa shape index (κ1) is 13.0. The first-order valence-corrected chi connectivity index (χ1v) is 7.90. The molecular formula is C19H18ClN. The Balaban J connectivity index is 1.83. The van der Waals surface area contributed by atoms with Gasteiger partial charge < -0.3 is 5.32 Å². The highest BCUT2D eigenvalue weighted by Crippen LogP contribution is 2.50. The maximum absolute atomic E-state index is 6.20. The molecule has 4 rings (SSSR count). The number of hydrogen-bond acceptors (Lipinski definition) is 1. The van der Waals surface area contributed by atoms with Crippen LogP contribution < -0.4 is 5.32 Å². The van der Waals surface area contributed by atoms with Crippen molar-refractivity contribution in [2.75, 3.05) is 5.32 Å². The predicted molar refractivity (Wildman–Crippen MR) is 89.0 cm³/mol. The van der Waals surface area contributed by atoms with Gasteiger partial charge >= 0.3 is 0 Å². The lowest BCUT2D eigenvalue weighted by molar-refractivity contribution is 0.425. The largest absolute Gasteiger partial charge is 0.377 e. The Labute approximate surface area is 130 Å². The highest BCUT2D eigenvalue weighted by atomic mass is 35.5. The van der Waals surface area contributed by atoms with Gasteiger partial charge in [0.05, 0.1) is 6.04 Å². The van der Waals surface area contributed by atoms with Crippen LogP contribution in [0.5, 0.6) is 0 Å². The topological polar surface area (TPSA) is 12.0 Å². The fourth-order valence-corrected chi connectivity index (χ4v) is 4.01. The summed E-state index contributed by atoms with van der Waals surface area (Å²) in [5.74, 6) is 1.10. The molecule has 1 heterocycles. The molecule has 106 valence electrons. The predicted octanol–water partition coefficient (Wildman–Crippen LogP) is 5.47. The van der Waals surface area contributed by atoms with Gasteiger partial charge in [0, 0.05) is 16.6 Å². The number of hydrogen-bond donors (Lipinski definition) is 1. The molecule has 2 aliphatic rings. The highest BCUT2D eigenvalue weighted by Gasteiger charge is 2.38. The Hall–Kier alpha value is -1.73. The van der Waals surface area contributed by atoms with Gasteiger partial charge in [-0.25, -0.2) is 0 Å². The third kappa shape index (κ3) is 2.08. The maximum atomic E-state index is 6.20. The lowest BCUT2D eigenvalue weighted by Crippen LogP contribution is -2.29. The molecule has 2 aromatic carbocycles. The molecule has 0 saturated carbocycles. The minimum atomic E-state index is 0.331. The SMILES string of the molecule is Cc1cccc2c1N[C@H](c1cccc(Cl)c1)[C@H]1CC=C[C@@H]21. The summed E-state index contributed by atoms with van der Waals surface area (Å²) < 4.78 is 0. The third-order valence-electron chi connectivity index (χ3n) is 4.81. The number of halogens is 1. The molecule has 0 bridgehead atoms. The van der Waals surface area contributed by atoms with E-state index in [1.807, 2.05) is 12.1 Å². The van der Waals surface area contributed by atoms with Crippen LogP contribution in [-0.4, -0.2) is 0 Å². The Morgan fingerprint density at radius 3 is 2.86 bits per heavy atom. The zero-order chi connectivity index (χ0) is 14.4. The van der Waals surface area contributed by atoms with Gasteiger partial charge in [-0.1, -0.05) is 54.1 Å². The van der Waals surface area contributed by atoms with Crippen molar-refractivity contribution in [2.24, 2.45) is 5.92 Å². The van der Waals surface area contributed by atoms with Crippen molar-refractivity contribution < 1.29 is 0 Å². The number of benzene rings is 2. The van der Waals surface area contributed by atoms with Crippen LogP contribution >= 0.6 is 11.6 Å². The molecule has 21 heavy (non-hydrogen) atoms. The van der Waals surface area contributed by atoms with E-state index in [0.717, 1.165) is 11.4 Å². The van der Waals surface area contributed by atoms with Crippen molar-refractivity contribution in [3.63, 3.8) is 0 Å². The molecule has 0 fully saturated rings. The second-order valence-electron chi connectivity index (χ2n) is 6.07. The van der Waals surface area contributed by atoms with Gasteiger partial charge in [-0.3, -0.25) is 0 Å². The fourth-order valence-electron chi connectivity index (χ4n) is 3.81. The van der Waals surface area contributed by atoms with Crippen LogP contribution in [0.3, 0.4) is 0 Å². The molecule has 2 heteroatoms. The van der Waals surface area contributed by atoms with E-state index < -0.39 is 0 Å². The molecule has 0 amide bonds. The van der Waals surface area contributed by atoms with Gasteiger partial charge in [-0.15, -0.1) is 0 Å². The minimum absolute atomic E-state index is 0.331. The van der Waals surface area contributed by atoms with E-state index in [1.54, 1.807) is 0 Å². The van der Waals surface area contributed by atoms with Crippen LogP contribution in [0, 0.1) is 12.8 Å². The quantitative estimate of drug-likeness (QED) is 0.687. The monoisotopic (exact) mass is 295 g/mol. The summed E-state index contributed by atoms with van der Waals surface area (Å²) in [6, 6.07) is 15.2. The van der Waals surface area contributed by atoms with Crippen molar-refractivity contribution in [1.29, 1.82) is 0 Å². The highest BCUT2D eigenvalue weighted by molar-refractivity contribution is 6.30. The van der Waals surface area contributed by atoms with E-state index in [2.05, 4.69) is 54.7 Å². The molecule has 0 radical (unpaired) electrons. The van der Waals surface area contributed by atoms with Gasteiger partial charge in [-0.2, -0.15) is 0 Å². The van der Waals surface area contributed by atoms with Crippen LogP contribution in [0.4, 0.5) is 5.69 Å². The molecule has 1 nitrogen and oxygen atoms in total. The molecule has 0 aromatic heterocycles. The second kappa shape index (κ2) is 4.92. The molecule has 3 atom stereocenters. The van der Waals surface area contributed by atoms with E-state index in [-0.39, 0.29) is 0 Å². The zero-order valence-corrected chi connectivity index (χ0v) is 12.8. The summed E-state index contributed by atoms with van der Waals surface area (Å²) in [5, 5.41) is 4.59. The maximum Gasteiger partial charge on any atom is 0.0554 e. The Kier molecular flexibility index (Phi) is 3.04. The summed E-state index contributed by atoms with van der Waals surface area (Å²) in [6.45, 7) is 2.18. The van der Waals surface area contributed by atoms with Crippen molar-refractivity contribution in [3.8, 4) is 0 Å². The number of anilines is 1. The first-order chi connectivity index (χ1) is 10.2. The number of allylic oxidation sites excluding steroid dienone is 2. The molecule has 1 aliphatic carbocycles. The van der Waals surface area contributed by atoms with Crippen LogP contribution in [0.2, 0.25) is 5.02 Å². The third-order valence-corrected chi connectivity index (χ3v) is 5.05. The lowest BCUT2D eigenvalue weighted by Gasteiger charge is -2.38. The van der Waals surface area contributed by atoms with E-state index in [9.17, 15) is 0 Å². The normalized spacial score (nSPS) is 26.1. The van der Waals surface area contributed by atoms with E-state index >= 15 is 0 Å². The van der Waals surface area contributed by atoms with Gasteiger partial charge in [0.15, 0.2) is 0 Å². The molecule has 0 saturated heterocycles. The Morgan fingerprint density at radius 2 is 2.00 bits per heavy atom. The van der Waals surface area contributed by atoms with E-state index in [0.29, 0.717) is 17.9 Å². The zero-order valence-electron chi connectivity index (χ0n) is 12.0. The van der Waals surface area contributed by atoms with Gasteiger partial charge in [-0.05, 0) is 48.1 Å². The second-order valence-corrected chi connectivity index (χ2v) is 6.51. The number of nitrogens with one attached hydrogen (secondary N) is 1. The molecule has 0 spiro atoms. The molecule has 1 aliphatic heterocycles. The summed E-state index contributed by atoms with van der Waals surface area (Å²) >= 11 is 6.20. The van der Waals surface area contributed by atoms with Gasteiger partial charge in [0.2, 0.25) is 0 Å². The number of para-hydroxylation sites is 1. The number of fused-ring (bicyclic) bond motifs is 3. The molecule has 0 unspecified atom stereocenters. The lowest BCUT2D eigenvalue weighted by atomic mass is 9.76. The van der Waals surface area contributed by atoms with Crippen LogP contribution in [0.1, 0.15) is 35.1 Å². The van der Waals surface area contributed by atoms with Crippen LogP contribution in [0.15, 0.2) is 54.6 Å². The fraction of sp³-hybridized carbons (Fsp3) is 0.263. The van der Waals surface area contributed by atoms with Crippen molar-refractivity contribution in [1.82, 2.24) is 0 Å².